The molecule has 0 unspecified atom stereocenters. The Hall–Kier alpha value is -1.85. The maximum atomic E-state index is 13.2. The van der Waals surface area contributed by atoms with E-state index in [0.29, 0.717) is 15.7 Å². The van der Waals surface area contributed by atoms with Crippen molar-refractivity contribution in [2.24, 2.45) is 0 Å². The Morgan fingerprint density at radius 2 is 2.00 bits per heavy atom. The molecule has 0 bridgehead atoms. The molecule has 2 aromatic rings. The molecule has 0 saturated heterocycles. The lowest BCUT2D eigenvalue weighted by atomic mass is 10.1. The fourth-order valence-electron chi connectivity index (χ4n) is 1.70. The molecule has 0 atom stereocenters. The van der Waals surface area contributed by atoms with Gasteiger partial charge in [-0.2, -0.15) is 0 Å². The third-order valence-electron chi connectivity index (χ3n) is 2.66. The van der Waals surface area contributed by atoms with Gasteiger partial charge in [-0.25, -0.2) is 4.39 Å². The molecule has 0 aliphatic carbocycles. The topological polar surface area (TPSA) is 55.2 Å². The zero-order valence-corrected chi connectivity index (χ0v) is 11.6. The Labute approximate surface area is 124 Å². The van der Waals surface area contributed by atoms with Crippen molar-refractivity contribution in [1.82, 2.24) is 0 Å². The van der Waals surface area contributed by atoms with Gasteiger partial charge in [0, 0.05) is 12.6 Å². The monoisotopic (exact) mass is 314 g/mol. The van der Waals surface area contributed by atoms with Gasteiger partial charge in [0.2, 0.25) is 0 Å². The molecule has 0 saturated carbocycles. The Bertz CT molecular complexity index is 665. The van der Waals surface area contributed by atoms with Gasteiger partial charge in [0.05, 0.1) is 26.2 Å². The minimum absolute atomic E-state index is 0.0636. The summed E-state index contributed by atoms with van der Waals surface area (Å²) in [4.78, 5) is 10.3. The van der Waals surface area contributed by atoms with Crippen LogP contribution in [0.3, 0.4) is 0 Å². The molecule has 0 aliphatic rings. The van der Waals surface area contributed by atoms with Gasteiger partial charge in [0.1, 0.15) is 5.82 Å². The number of nitro benzene ring substituents is 1. The van der Waals surface area contributed by atoms with Crippen LogP contribution in [0.2, 0.25) is 10.0 Å². The van der Waals surface area contributed by atoms with Crippen LogP contribution in [-0.2, 0) is 6.54 Å². The third-order valence-corrected chi connectivity index (χ3v) is 3.48. The molecule has 0 amide bonds. The lowest BCUT2D eigenvalue weighted by molar-refractivity contribution is -0.385. The molecule has 7 heteroatoms. The van der Waals surface area contributed by atoms with Crippen LogP contribution in [0, 0.1) is 15.9 Å². The van der Waals surface area contributed by atoms with Crippen molar-refractivity contribution < 1.29 is 9.31 Å². The van der Waals surface area contributed by atoms with Crippen LogP contribution in [0.1, 0.15) is 5.56 Å². The van der Waals surface area contributed by atoms with Crippen molar-refractivity contribution in [3.8, 4) is 0 Å². The van der Waals surface area contributed by atoms with E-state index < -0.39 is 10.7 Å². The summed E-state index contributed by atoms with van der Waals surface area (Å²) >= 11 is 11.9. The van der Waals surface area contributed by atoms with Crippen molar-refractivity contribution in [2.75, 3.05) is 5.32 Å². The molecule has 4 nitrogen and oxygen atoms in total. The van der Waals surface area contributed by atoms with Crippen LogP contribution in [0.5, 0.6) is 0 Å². The van der Waals surface area contributed by atoms with Crippen molar-refractivity contribution >= 4 is 34.6 Å². The molecular weight excluding hydrogens is 306 g/mol. The van der Waals surface area contributed by atoms with Gasteiger partial charge in [0.15, 0.2) is 0 Å². The summed E-state index contributed by atoms with van der Waals surface area (Å²) in [5, 5.41) is 14.5. The number of nitrogens with zero attached hydrogens (tertiary/aromatic N) is 1. The molecule has 0 radical (unpaired) electrons. The fraction of sp³-hybridized carbons (Fsp3) is 0.0769. The van der Waals surface area contributed by atoms with E-state index in [4.69, 9.17) is 23.2 Å². The SMILES string of the molecule is O=[N+]([O-])c1ccc(F)cc1CNc1cccc(Cl)c1Cl. The van der Waals surface area contributed by atoms with Gasteiger partial charge in [-0.05, 0) is 24.3 Å². The number of halogens is 3. The summed E-state index contributed by atoms with van der Waals surface area (Å²) in [7, 11) is 0. The first-order valence-corrected chi connectivity index (χ1v) is 6.35. The summed E-state index contributed by atoms with van der Waals surface area (Å²) in [5.41, 5.74) is 0.598. The van der Waals surface area contributed by atoms with E-state index in [1.165, 1.54) is 0 Å². The molecule has 2 aromatic carbocycles. The van der Waals surface area contributed by atoms with Gasteiger partial charge < -0.3 is 5.32 Å². The highest BCUT2D eigenvalue weighted by molar-refractivity contribution is 6.43. The Morgan fingerprint density at radius 1 is 1.25 bits per heavy atom. The Morgan fingerprint density at radius 3 is 2.70 bits per heavy atom. The Kier molecular flexibility index (Phi) is 4.42. The van der Waals surface area contributed by atoms with Crippen molar-refractivity contribution in [1.29, 1.82) is 0 Å². The quantitative estimate of drug-likeness (QED) is 0.660. The molecule has 0 aliphatic heterocycles. The lowest BCUT2D eigenvalue weighted by Crippen LogP contribution is -2.04. The van der Waals surface area contributed by atoms with E-state index in [0.717, 1.165) is 18.2 Å². The second-order valence-corrected chi connectivity index (χ2v) is 4.77. The largest absolute Gasteiger partial charge is 0.379 e. The van der Waals surface area contributed by atoms with E-state index in [2.05, 4.69) is 5.32 Å². The molecule has 0 aromatic heterocycles. The number of rotatable bonds is 4. The highest BCUT2D eigenvalue weighted by Gasteiger charge is 2.14. The van der Waals surface area contributed by atoms with E-state index in [9.17, 15) is 14.5 Å². The van der Waals surface area contributed by atoms with E-state index in [1.807, 2.05) is 0 Å². The normalized spacial score (nSPS) is 10.3. The predicted octanol–water partition coefficient (Wildman–Crippen LogP) is 4.65. The molecule has 2 rings (SSSR count). The van der Waals surface area contributed by atoms with Gasteiger partial charge in [-0.15, -0.1) is 0 Å². The van der Waals surface area contributed by atoms with Gasteiger partial charge in [0.25, 0.3) is 5.69 Å². The van der Waals surface area contributed by atoms with Gasteiger partial charge in [-0.3, -0.25) is 10.1 Å². The number of hydrogen-bond acceptors (Lipinski definition) is 3. The van der Waals surface area contributed by atoms with Crippen LogP contribution < -0.4 is 5.32 Å². The van der Waals surface area contributed by atoms with E-state index >= 15 is 0 Å². The highest BCUT2D eigenvalue weighted by Crippen LogP contribution is 2.30. The zero-order chi connectivity index (χ0) is 14.7. The van der Waals surface area contributed by atoms with Crippen molar-refractivity contribution in [3.63, 3.8) is 0 Å². The average molecular weight is 315 g/mol. The smallest absolute Gasteiger partial charge is 0.274 e. The molecular formula is C13H9Cl2FN2O2. The van der Waals surface area contributed by atoms with Crippen LogP contribution in [-0.4, -0.2) is 4.92 Å². The molecule has 0 spiro atoms. The minimum atomic E-state index is -0.559. The Balaban J connectivity index is 2.24. The second-order valence-electron chi connectivity index (χ2n) is 3.99. The van der Waals surface area contributed by atoms with Gasteiger partial charge in [-0.1, -0.05) is 29.3 Å². The standard InChI is InChI=1S/C13H9Cl2FN2O2/c14-10-2-1-3-11(13(10)15)17-7-8-6-9(16)4-5-12(8)18(19)20/h1-6,17H,7H2. The third kappa shape index (κ3) is 3.18. The number of nitrogens with one attached hydrogen (secondary N) is 1. The first-order chi connectivity index (χ1) is 9.49. The molecule has 1 N–H and O–H groups in total. The van der Waals surface area contributed by atoms with Crippen LogP contribution in [0.25, 0.3) is 0 Å². The van der Waals surface area contributed by atoms with E-state index in [1.54, 1.807) is 18.2 Å². The summed E-state index contributed by atoms with van der Waals surface area (Å²) in [6.07, 6.45) is 0. The van der Waals surface area contributed by atoms with Crippen molar-refractivity contribution in [2.45, 2.75) is 6.54 Å². The summed E-state index contributed by atoms with van der Waals surface area (Å²) in [6, 6.07) is 8.29. The number of nitro groups is 1. The predicted molar refractivity (Wildman–Crippen MR) is 76.8 cm³/mol. The van der Waals surface area contributed by atoms with Gasteiger partial charge >= 0.3 is 0 Å². The van der Waals surface area contributed by atoms with Crippen LogP contribution >= 0.6 is 23.2 Å². The maximum Gasteiger partial charge on any atom is 0.274 e. The molecule has 0 heterocycles. The lowest BCUT2D eigenvalue weighted by Gasteiger charge is -2.09. The molecule has 104 valence electrons. The average Bonchev–Trinajstić information content (AvgIpc) is 2.40. The summed E-state index contributed by atoms with van der Waals surface area (Å²) < 4.78 is 13.2. The first-order valence-electron chi connectivity index (χ1n) is 5.59. The summed E-state index contributed by atoms with van der Waals surface area (Å²) in [5.74, 6) is -0.537. The number of hydrogen-bond donors (Lipinski definition) is 1. The molecule has 20 heavy (non-hydrogen) atoms. The highest BCUT2D eigenvalue weighted by atomic mass is 35.5. The number of anilines is 1. The summed E-state index contributed by atoms with van der Waals surface area (Å²) in [6.45, 7) is 0.0636. The minimum Gasteiger partial charge on any atom is -0.379 e. The molecule has 0 fully saturated rings. The van der Waals surface area contributed by atoms with Crippen molar-refractivity contribution in [3.05, 3.63) is 67.9 Å². The zero-order valence-electron chi connectivity index (χ0n) is 10.1. The number of benzene rings is 2. The second kappa shape index (κ2) is 6.07. The maximum absolute atomic E-state index is 13.2. The first kappa shape index (κ1) is 14.6. The fourth-order valence-corrected chi connectivity index (χ4v) is 2.07. The van der Waals surface area contributed by atoms with Crippen LogP contribution in [0.4, 0.5) is 15.8 Å². The van der Waals surface area contributed by atoms with E-state index in [-0.39, 0.29) is 17.8 Å². The van der Waals surface area contributed by atoms with Crippen LogP contribution in [0.15, 0.2) is 36.4 Å².